The molecule has 4 aliphatic rings. The minimum absolute atomic E-state index is 0.0826. The number of benzene rings is 2. The number of nitrogens with two attached hydrogens (primary N) is 1. The Bertz CT molecular complexity index is 2910. The summed E-state index contributed by atoms with van der Waals surface area (Å²) in [5.41, 5.74) is 6.90. The lowest BCUT2D eigenvalue weighted by Crippen LogP contribution is -2.54. The molecule has 3 saturated heterocycles. The number of ether oxygens (including phenoxy) is 6. The van der Waals surface area contributed by atoms with Gasteiger partial charge >= 0.3 is 24.2 Å². The molecule has 0 saturated carbocycles. The number of primary amides is 1. The first-order valence-electron chi connectivity index (χ1n) is 29.4. The van der Waals surface area contributed by atoms with Crippen molar-refractivity contribution in [1.29, 1.82) is 0 Å². The number of urea groups is 1. The first kappa shape index (κ1) is 68.3. The summed E-state index contributed by atoms with van der Waals surface area (Å²) in [5.74, 6) is -3.81. The normalized spacial score (nSPS) is 24.2. The summed E-state index contributed by atoms with van der Waals surface area (Å²) in [4.78, 5) is 135. The number of amides is 10. The summed E-state index contributed by atoms with van der Waals surface area (Å²) in [5, 5.41) is 13.8. The van der Waals surface area contributed by atoms with Crippen molar-refractivity contribution in [3.8, 4) is 5.75 Å². The Hall–Kier alpha value is -7.77. The largest absolute Gasteiger partial charge is 0.495 e. The van der Waals surface area contributed by atoms with Crippen molar-refractivity contribution in [2.75, 3.05) is 51.6 Å². The number of fused-ring (bicyclic) bond motifs is 5. The van der Waals surface area contributed by atoms with Crippen LogP contribution in [0.4, 0.5) is 25.8 Å². The highest BCUT2D eigenvalue weighted by Crippen LogP contribution is 2.49. The van der Waals surface area contributed by atoms with Crippen LogP contribution < -0.4 is 42.0 Å². The fraction of sp³-hybridized carbons (Fsp3) is 0.574. The van der Waals surface area contributed by atoms with Crippen molar-refractivity contribution >= 4 is 82.6 Å². The molecular weight excluding hydrogens is 1150 g/mol. The maximum Gasteiger partial charge on any atom is 0.410 e. The zero-order valence-corrected chi connectivity index (χ0v) is 52.0. The van der Waals surface area contributed by atoms with Crippen LogP contribution in [0.15, 0.2) is 60.2 Å². The van der Waals surface area contributed by atoms with Crippen LogP contribution in [0.2, 0.25) is 5.02 Å². The number of carbonyl (C=O) groups is 10. The lowest BCUT2D eigenvalue weighted by Gasteiger charge is -2.36. The molecule has 4 aliphatic heterocycles. The van der Waals surface area contributed by atoms with E-state index < -0.39 is 102 Å². The van der Waals surface area contributed by atoms with Gasteiger partial charge in [0.1, 0.15) is 53.3 Å². The topological polar surface area (TPSA) is 325 Å². The van der Waals surface area contributed by atoms with Gasteiger partial charge in [0.2, 0.25) is 35.4 Å². The van der Waals surface area contributed by atoms with Gasteiger partial charge in [0.25, 0.3) is 0 Å². The quantitative estimate of drug-likeness (QED) is 0.0254. The van der Waals surface area contributed by atoms with Crippen molar-refractivity contribution < 1.29 is 76.4 Å². The van der Waals surface area contributed by atoms with Crippen LogP contribution in [0.25, 0.3) is 0 Å². The predicted octanol–water partition coefficient (Wildman–Crippen LogP) is 5.73. The number of hydrogen-bond donors (Lipinski definition) is 6. The molecule has 0 radical (unpaired) electrons. The molecule has 2 aromatic rings. The number of halogens is 1. The number of epoxide rings is 1. The fourth-order valence-corrected chi connectivity index (χ4v) is 11.0. The van der Waals surface area contributed by atoms with Crippen LogP contribution in [-0.2, 0) is 70.3 Å². The molecule has 0 spiro atoms. The molecule has 3 fully saturated rings. The number of allylic oxidation sites excluding steroid dienone is 3. The van der Waals surface area contributed by atoms with Crippen LogP contribution in [-0.4, -0.2) is 165 Å². The van der Waals surface area contributed by atoms with Gasteiger partial charge in [0.05, 0.1) is 37.5 Å². The molecule has 25 nitrogen and oxygen atoms in total. The minimum atomic E-state index is -1.27. The second-order valence-corrected chi connectivity index (χ2v) is 23.4. The van der Waals surface area contributed by atoms with E-state index in [1.165, 1.54) is 30.9 Å². The Balaban J connectivity index is 1.08. The van der Waals surface area contributed by atoms with Crippen LogP contribution in [0.3, 0.4) is 0 Å². The van der Waals surface area contributed by atoms with Crippen molar-refractivity contribution in [3.05, 3.63) is 76.3 Å². The summed E-state index contributed by atoms with van der Waals surface area (Å²) in [6.45, 7) is 10.6. The van der Waals surface area contributed by atoms with E-state index in [2.05, 4.69) is 26.6 Å². The Morgan fingerprint density at radius 2 is 1.64 bits per heavy atom. The highest BCUT2D eigenvalue weighted by atomic mass is 35.5. The summed E-state index contributed by atoms with van der Waals surface area (Å²) >= 11 is 6.84. The molecule has 10 atom stereocenters. The third-order valence-corrected chi connectivity index (χ3v) is 16.6. The number of rotatable bonds is 23. The Morgan fingerprint density at radius 1 is 0.943 bits per heavy atom. The summed E-state index contributed by atoms with van der Waals surface area (Å²) in [6.07, 6.45) is 3.94. The van der Waals surface area contributed by atoms with E-state index in [1.54, 1.807) is 71.3 Å². The Labute approximate surface area is 512 Å². The first-order valence-corrected chi connectivity index (χ1v) is 29.7. The number of likely N-dealkylation sites (tertiary alicyclic amines) is 1. The number of nitrogens with zero attached hydrogens (tertiary/aromatic N) is 3. The number of unbranched alkanes of at least 4 members (excludes halogenated alkanes) is 2. The highest BCUT2D eigenvalue weighted by Gasteiger charge is 2.64. The number of methoxy groups -OCH3 is 2. The van der Waals surface area contributed by atoms with Crippen molar-refractivity contribution in [2.45, 2.75) is 173 Å². The zero-order valence-electron chi connectivity index (χ0n) is 51.2. The second kappa shape index (κ2) is 31.2. The zero-order chi connectivity index (χ0) is 63.9. The van der Waals surface area contributed by atoms with E-state index in [9.17, 15) is 47.9 Å². The maximum absolute atomic E-state index is 14.4. The number of nitrogens with one attached hydrogen (secondary N) is 5. The van der Waals surface area contributed by atoms with Crippen molar-refractivity contribution in [2.24, 2.45) is 17.6 Å². The fourth-order valence-electron chi connectivity index (χ4n) is 10.7. The van der Waals surface area contributed by atoms with Crippen LogP contribution >= 0.6 is 11.6 Å². The smallest absolute Gasteiger partial charge is 0.410 e. The number of alkyl carbamates (subject to hydrolysis) is 1. The molecular formula is C61H84ClN9O16. The van der Waals surface area contributed by atoms with Gasteiger partial charge in [-0.05, 0) is 94.2 Å². The van der Waals surface area contributed by atoms with Crippen LogP contribution in [0.1, 0.15) is 117 Å². The average molecular weight is 1230 g/mol. The van der Waals surface area contributed by atoms with Gasteiger partial charge in [0, 0.05) is 71.6 Å². The Kier molecular flexibility index (Phi) is 24.5. The number of hydrogen-bond acceptors (Lipinski definition) is 16. The maximum atomic E-state index is 14.4. The summed E-state index contributed by atoms with van der Waals surface area (Å²) in [7, 11) is 5.93. The summed E-state index contributed by atoms with van der Waals surface area (Å²) in [6, 6.07) is 5.30. The molecule has 26 heteroatoms. The van der Waals surface area contributed by atoms with E-state index in [4.69, 9.17) is 45.8 Å². The third kappa shape index (κ3) is 18.6. The second-order valence-electron chi connectivity index (χ2n) is 23.1. The lowest BCUT2D eigenvalue weighted by molar-refractivity contribution is -0.158. The minimum Gasteiger partial charge on any atom is -0.495 e. The van der Waals surface area contributed by atoms with Gasteiger partial charge in [-0.2, -0.15) is 0 Å². The lowest BCUT2D eigenvalue weighted by atomic mass is 9.84. The van der Waals surface area contributed by atoms with E-state index >= 15 is 0 Å². The van der Waals surface area contributed by atoms with Crippen molar-refractivity contribution in [3.63, 3.8) is 0 Å². The van der Waals surface area contributed by atoms with E-state index in [0.29, 0.717) is 61.3 Å². The van der Waals surface area contributed by atoms with Gasteiger partial charge in [-0.1, -0.05) is 74.7 Å². The molecule has 3 unspecified atom stereocenters. The Morgan fingerprint density at radius 3 is 2.30 bits per heavy atom. The SMILES string of the molecule is COc1cc2cc(c1Cl)N(C)C(=O)C[C@H](OC(=O)[C@H](C)N(C)C(=O)OCc1ccc(NC(=O)[C@H](CCCNC(N)=O)NC(=O)C(NC(=O)CCCCCN3C(=O)CCC3=O)C(C)C)cc1)[C@]1(C)O[C@H]1[C@H](C)[C@@H]1CC(NC(=O)O1)C(OC)/C=C/C=C(\C)C2. The van der Waals surface area contributed by atoms with Gasteiger partial charge in [0.15, 0.2) is 0 Å². The molecule has 0 aliphatic carbocycles. The monoisotopic (exact) mass is 1230 g/mol. The van der Waals surface area contributed by atoms with Gasteiger partial charge in [-0.15, -0.1) is 0 Å². The molecule has 2 aromatic carbocycles. The molecule has 10 amide bonds. The van der Waals surface area contributed by atoms with Gasteiger partial charge < -0.3 is 65.6 Å². The number of imide groups is 1. The number of anilines is 2. The predicted molar refractivity (Wildman–Crippen MR) is 320 cm³/mol. The molecule has 0 aromatic heterocycles. The van der Waals surface area contributed by atoms with Crippen molar-refractivity contribution in [1.82, 2.24) is 31.1 Å². The van der Waals surface area contributed by atoms with Gasteiger partial charge in [-0.3, -0.25) is 38.6 Å². The first-order chi connectivity index (χ1) is 41.2. The summed E-state index contributed by atoms with van der Waals surface area (Å²) < 4.78 is 35.4. The molecule has 4 bridgehead atoms. The molecule has 4 heterocycles. The van der Waals surface area contributed by atoms with Crippen LogP contribution in [0.5, 0.6) is 5.75 Å². The van der Waals surface area contributed by atoms with E-state index in [1.807, 2.05) is 32.1 Å². The number of esters is 1. The van der Waals surface area contributed by atoms with Crippen LogP contribution in [0, 0.1) is 11.8 Å². The molecule has 6 rings (SSSR count). The molecule has 7 N–H and O–H groups in total. The van der Waals surface area contributed by atoms with E-state index in [-0.39, 0.29) is 80.3 Å². The third-order valence-electron chi connectivity index (χ3n) is 16.2. The van der Waals surface area contributed by atoms with Gasteiger partial charge in [-0.25, -0.2) is 19.2 Å². The number of carbonyl (C=O) groups excluding carboxylic acids is 10. The molecule has 476 valence electrons. The standard InChI is InChI=1S/C61H84ClN9O16/c1-34(2)53(68-48(72)19-12-11-13-27-71-49(73)24-25-50(71)74)56(77)66-41(17-15-26-64-58(63)79)55(76)65-40-22-20-38(21-23-40)33-84-60(81)69(7)37(5)57(78)86-47-32-51(75)70(8)43-29-39(30-46(83-10)52(43)62)28-35(3)16-14-18-44(82-9)42-31-45(85-59(80)67-42)36(4)54-61(47,6)87-54/h14,16,18,20-23,29-30,34,36-37,41-42,44-45,47,53-54H,11-13,15,17,19,24-28,31-33H2,1-10H3,(H,65,76)(H,66,77)(H,67,80)(H,68,72)(H3,63,64,79)/b18-14+,35-16+/t36-,37+,41+,42?,44?,45+,47+,53?,54+,61+/m1/s1. The molecule has 87 heavy (non-hydrogen) atoms. The highest BCUT2D eigenvalue weighted by molar-refractivity contribution is 6.35. The average Bonchev–Trinajstić information content (AvgIpc) is 1.59. The number of likely N-dealkylation sites (N-methyl/N-ethyl adjacent to an activating group) is 1. The van der Waals surface area contributed by atoms with E-state index in [0.717, 1.165) is 16.0 Å².